The van der Waals surface area contributed by atoms with Crippen LogP contribution >= 0.6 is 0 Å². The summed E-state index contributed by atoms with van der Waals surface area (Å²) in [4.78, 5) is 0. The highest BCUT2D eigenvalue weighted by molar-refractivity contribution is 5.47. The zero-order chi connectivity index (χ0) is 8.97. The van der Waals surface area contributed by atoms with Gasteiger partial charge in [0.2, 0.25) is 0 Å². The van der Waals surface area contributed by atoms with Crippen LogP contribution in [-0.4, -0.2) is 6.54 Å². The van der Waals surface area contributed by atoms with Gasteiger partial charge in [0.15, 0.2) is 0 Å². The average molecular weight is 165 g/mol. The van der Waals surface area contributed by atoms with Crippen LogP contribution in [0.3, 0.4) is 0 Å². The van der Waals surface area contributed by atoms with Gasteiger partial charge in [-0.2, -0.15) is 0 Å². The van der Waals surface area contributed by atoms with Crippen LogP contribution < -0.4 is 5.32 Å². The number of nitrogens with one attached hydrogen (secondary N) is 1. The number of hydrogen-bond donors (Lipinski definition) is 1. The number of hydrogen-bond acceptors (Lipinski definition) is 1. The fourth-order valence-electron chi connectivity index (χ4n) is 0.966. The molecule has 0 aliphatic carbocycles. The van der Waals surface area contributed by atoms with E-state index in [4.69, 9.17) is 0 Å². The van der Waals surface area contributed by atoms with Crippen molar-refractivity contribution in [1.29, 1.82) is 0 Å². The summed E-state index contributed by atoms with van der Waals surface area (Å²) >= 11 is 0. The van der Waals surface area contributed by atoms with Crippen LogP contribution in [0.15, 0.2) is 30.9 Å². The second kappa shape index (κ2) is 3.90. The van der Waals surface area contributed by atoms with Gasteiger partial charge < -0.3 is 5.32 Å². The van der Waals surface area contributed by atoms with Crippen molar-refractivity contribution in [1.82, 2.24) is 0 Å². The van der Waals surface area contributed by atoms with Gasteiger partial charge in [0.1, 0.15) is 5.82 Å². The lowest BCUT2D eigenvalue weighted by atomic mass is 10.2. The molecule has 0 saturated carbocycles. The van der Waals surface area contributed by atoms with E-state index in [1.807, 2.05) is 6.07 Å². The molecule has 1 aromatic carbocycles. The van der Waals surface area contributed by atoms with Crippen molar-refractivity contribution in [2.75, 3.05) is 11.9 Å². The largest absolute Gasteiger partial charge is 0.379 e. The van der Waals surface area contributed by atoms with Crippen LogP contribution in [0.2, 0.25) is 0 Å². The lowest BCUT2D eigenvalue weighted by Crippen LogP contribution is -2.00. The first-order valence-corrected chi connectivity index (χ1v) is 3.85. The molecule has 0 aromatic heterocycles. The molecule has 64 valence electrons. The normalized spacial score (nSPS) is 9.50. The summed E-state index contributed by atoms with van der Waals surface area (Å²) in [6.45, 7) is 5.87. The Morgan fingerprint density at radius 2 is 2.33 bits per heavy atom. The van der Waals surface area contributed by atoms with Gasteiger partial charge in [0.05, 0.1) is 5.69 Å². The summed E-state index contributed by atoms with van der Waals surface area (Å²) in [6, 6.07) is 5.28. The van der Waals surface area contributed by atoms with E-state index < -0.39 is 0 Å². The third-order valence-electron chi connectivity index (χ3n) is 1.63. The van der Waals surface area contributed by atoms with Crippen LogP contribution in [-0.2, 0) is 0 Å². The fourth-order valence-corrected chi connectivity index (χ4v) is 0.966. The minimum absolute atomic E-state index is 0.181. The second-order valence-electron chi connectivity index (χ2n) is 2.61. The molecule has 0 radical (unpaired) electrons. The molecule has 0 aliphatic rings. The van der Waals surface area contributed by atoms with E-state index in [2.05, 4.69) is 11.9 Å². The van der Waals surface area contributed by atoms with E-state index in [0.717, 1.165) is 0 Å². The van der Waals surface area contributed by atoms with Crippen LogP contribution in [0, 0.1) is 12.7 Å². The third kappa shape index (κ3) is 1.84. The fraction of sp³-hybridized carbons (Fsp3) is 0.200. The molecule has 0 heterocycles. The Kier molecular flexibility index (Phi) is 2.86. The van der Waals surface area contributed by atoms with Crippen LogP contribution in [0.25, 0.3) is 0 Å². The molecule has 0 aliphatic heterocycles. The van der Waals surface area contributed by atoms with Gasteiger partial charge in [-0.05, 0) is 18.6 Å². The minimum Gasteiger partial charge on any atom is -0.379 e. The molecular weight excluding hydrogens is 153 g/mol. The van der Waals surface area contributed by atoms with E-state index in [1.54, 1.807) is 25.1 Å². The standard InChI is InChI=1S/C10H12FN/c1-3-7-12-9-6-4-5-8(2)10(9)11/h3-6,12H,1,7H2,2H3. The van der Waals surface area contributed by atoms with Crippen molar-refractivity contribution in [3.8, 4) is 0 Å². The summed E-state index contributed by atoms with van der Waals surface area (Å²) in [5.74, 6) is -0.181. The number of benzene rings is 1. The molecule has 0 spiro atoms. The van der Waals surface area contributed by atoms with Crippen molar-refractivity contribution in [2.45, 2.75) is 6.92 Å². The first-order chi connectivity index (χ1) is 5.75. The van der Waals surface area contributed by atoms with Gasteiger partial charge in [0, 0.05) is 6.54 Å². The monoisotopic (exact) mass is 165 g/mol. The Hall–Kier alpha value is -1.31. The zero-order valence-electron chi connectivity index (χ0n) is 7.10. The maximum Gasteiger partial charge on any atom is 0.149 e. The van der Waals surface area contributed by atoms with Gasteiger partial charge in [0.25, 0.3) is 0 Å². The number of rotatable bonds is 3. The second-order valence-corrected chi connectivity index (χ2v) is 2.61. The number of halogens is 1. The van der Waals surface area contributed by atoms with Crippen molar-refractivity contribution < 1.29 is 4.39 Å². The number of aryl methyl sites for hydroxylation is 1. The molecule has 0 bridgehead atoms. The van der Waals surface area contributed by atoms with Crippen LogP contribution in [0.5, 0.6) is 0 Å². The molecule has 0 amide bonds. The summed E-state index contributed by atoms with van der Waals surface area (Å²) in [5.41, 5.74) is 1.19. The smallest absolute Gasteiger partial charge is 0.149 e. The van der Waals surface area contributed by atoms with Crippen molar-refractivity contribution in [3.63, 3.8) is 0 Å². The molecule has 0 saturated heterocycles. The van der Waals surface area contributed by atoms with Crippen LogP contribution in [0.4, 0.5) is 10.1 Å². The highest BCUT2D eigenvalue weighted by Gasteiger charge is 2.01. The molecule has 2 heteroatoms. The average Bonchev–Trinajstić information content (AvgIpc) is 2.08. The van der Waals surface area contributed by atoms with E-state index in [0.29, 0.717) is 17.8 Å². The van der Waals surface area contributed by atoms with Gasteiger partial charge in [-0.1, -0.05) is 18.2 Å². The molecule has 0 unspecified atom stereocenters. The SMILES string of the molecule is C=CCNc1cccc(C)c1F. The molecule has 1 rings (SSSR count). The maximum absolute atomic E-state index is 13.2. The van der Waals surface area contributed by atoms with Gasteiger partial charge in [-0.3, -0.25) is 0 Å². The lowest BCUT2D eigenvalue weighted by molar-refractivity contribution is 0.621. The van der Waals surface area contributed by atoms with Gasteiger partial charge in [-0.15, -0.1) is 6.58 Å². The third-order valence-corrected chi connectivity index (χ3v) is 1.63. The summed E-state index contributed by atoms with van der Waals surface area (Å²) in [7, 11) is 0. The first kappa shape index (κ1) is 8.78. The van der Waals surface area contributed by atoms with Gasteiger partial charge in [-0.25, -0.2) is 4.39 Å². The molecule has 1 N–H and O–H groups in total. The van der Waals surface area contributed by atoms with E-state index in [-0.39, 0.29) is 5.82 Å². The topological polar surface area (TPSA) is 12.0 Å². The van der Waals surface area contributed by atoms with Crippen LogP contribution in [0.1, 0.15) is 5.56 Å². The Morgan fingerprint density at radius 3 is 3.00 bits per heavy atom. The summed E-state index contributed by atoms with van der Waals surface area (Å²) in [5, 5.41) is 2.91. The first-order valence-electron chi connectivity index (χ1n) is 3.85. The van der Waals surface area contributed by atoms with E-state index in [1.165, 1.54) is 0 Å². The molecular formula is C10H12FN. The highest BCUT2D eigenvalue weighted by Crippen LogP contribution is 2.16. The highest BCUT2D eigenvalue weighted by atomic mass is 19.1. The Balaban J connectivity index is 2.84. The minimum atomic E-state index is -0.181. The quantitative estimate of drug-likeness (QED) is 0.679. The maximum atomic E-state index is 13.2. The van der Waals surface area contributed by atoms with Gasteiger partial charge >= 0.3 is 0 Å². The predicted molar refractivity (Wildman–Crippen MR) is 49.8 cm³/mol. The zero-order valence-corrected chi connectivity index (χ0v) is 7.10. The number of anilines is 1. The Bertz CT molecular complexity index is 281. The summed E-state index contributed by atoms with van der Waals surface area (Å²) in [6.07, 6.45) is 1.70. The Labute approximate surface area is 71.9 Å². The van der Waals surface area contributed by atoms with Crippen molar-refractivity contribution in [2.24, 2.45) is 0 Å². The van der Waals surface area contributed by atoms with Crippen molar-refractivity contribution in [3.05, 3.63) is 42.2 Å². The Morgan fingerprint density at radius 1 is 1.58 bits per heavy atom. The lowest BCUT2D eigenvalue weighted by Gasteiger charge is -2.05. The molecule has 0 fully saturated rings. The molecule has 1 nitrogen and oxygen atoms in total. The molecule has 1 aromatic rings. The van der Waals surface area contributed by atoms with E-state index >= 15 is 0 Å². The summed E-state index contributed by atoms with van der Waals surface area (Å²) < 4.78 is 13.2. The van der Waals surface area contributed by atoms with Crippen molar-refractivity contribution >= 4 is 5.69 Å². The predicted octanol–water partition coefficient (Wildman–Crippen LogP) is 2.73. The molecule has 12 heavy (non-hydrogen) atoms. The molecule has 0 atom stereocenters. The van der Waals surface area contributed by atoms with E-state index in [9.17, 15) is 4.39 Å².